The van der Waals surface area contributed by atoms with Gasteiger partial charge >= 0.3 is 0 Å². The number of carbonyl (C=O) groups is 1. The van der Waals surface area contributed by atoms with Gasteiger partial charge in [0.15, 0.2) is 5.78 Å². The van der Waals surface area contributed by atoms with Gasteiger partial charge in [-0.1, -0.05) is 45.7 Å². The van der Waals surface area contributed by atoms with E-state index in [-0.39, 0.29) is 17.2 Å². The molecule has 1 atom stereocenters. The SMILES string of the molecule is CCCCCOc1ccc([C@H]2Nc3cc(C)c(C)cc3NC3=C2C(=O)CC(C)(C)C3)cc1. The highest BCUT2D eigenvalue weighted by molar-refractivity contribution is 6.01. The molecular formula is C28H36N2O2. The Labute approximate surface area is 192 Å². The summed E-state index contributed by atoms with van der Waals surface area (Å²) in [6, 6.07) is 12.4. The largest absolute Gasteiger partial charge is 0.494 e. The van der Waals surface area contributed by atoms with E-state index in [1.165, 1.54) is 24.0 Å². The molecule has 0 fully saturated rings. The van der Waals surface area contributed by atoms with E-state index in [0.29, 0.717) is 6.42 Å². The van der Waals surface area contributed by atoms with Crippen molar-refractivity contribution in [3.63, 3.8) is 0 Å². The first-order valence-electron chi connectivity index (χ1n) is 11.9. The Hall–Kier alpha value is -2.75. The van der Waals surface area contributed by atoms with Crippen molar-refractivity contribution in [1.29, 1.82) is 0 Å². The van der Waals surface area contributed by atoms with Crippen LogP contribution in [0.4, 0.5) is 11.4 Å². The minimum atomic E-state index is -0.182. The number of unbranched alkanes of at least 4 members (excludes halogenated alkanes) is 2. The molecule has 4 heteroatoms. The number of carbonyl (C=O) groups excluding carboxylic acids is 1. The van der Waals surface area contributed by atoms with Gasteiger partial charge < -0.3 is 15.4 Å². The van der Waals surface area contributed by atoms with Crippen molar-refractivity contribution in [2.75, 3.05) is 17.2 Å². The molecule has 2 aromatic rings. The lowest BCUT2D eigenvalue weighted by Gasteiger charge is -2.34. The normalized spacial score (nSPS) is 19.4. The van der Waals surface area contributed by atoms with E-state index in [9.17, 15) is 4.79 Å². The molecule has 1 aliphatic heterocycles. The maximum absolute atomic E-state index is 13.4. The summed E-state index contributed by atoms with van der Waals surface area (Å²) in [5, 5.41) is 7.34. The third kappa shape index (κ3) is 4.69. The zero-order valence-corrected chi connectivity index (χ0v) is 20.1. The molecule has 2 N–H and O–H groups in total. The third-order valence-corrected chi connectivity index (χ3v) is 6.66. The van der Waals surface area contributed by atoms with Crippen LogP contribution in [0.1, 0.15) is 75.6 Å². The van der Waals surface area contributed by atoms with Gasteiger partial charge in [0.25, 0.3) is 0 Å². The van der Waals surface area contributed by atoms with Crippen LogP contribution in [0, 0.1) is 19.3 Å². The minimum Gasteiger partial charge on any atom is -0.494 e. The van der Waals surface area contributed by atoms with Gasteiger partial charge in [-0.15, -0.1) is 0 Å². The van der Waals surface area contributed by atoms with Crippen LogP contribution in [0.25, 0.3) is 0 Å². The molecule has 0 saturated heterocycles. The number of ether oxygens (including phenoxy) is 1. The fourth-order valence-electron chi connectivity index (χ4n) is 4.76. The number of hydrogen-bond donors (Lipinski definition) is 2. The molecule has 2 aromatic carbocycles. The topological polar surface area (TPSA) is 50.4 Å². The molecule has 0 amide bonds. The van der Waals surface area contributed by atoms with Crippen molar-refractivity contribution in [1.82, 2.24) is 0 Å². The first-order chi connectivity index (χ1) is 15.3. The van der Waals surface area contributed by atoms with Crippen LogP contribution in [-0.4, -0.2) is 12.4 Å². The number of allylic oxidation sites excluding steroid dienone is 1. The molecule has 0 radical (unpaired) electrons. The van der Waals surface area contributed by atoms with Crippen molar-refractivity contribution in [3.8, 4) is 5.75 Å². The molecule has 1 heterocycles. The monoisotopic (exact) mass is 432 g/mol. The minimum absolute atomic E-state index is 0.0477. The molecule has 4 rings (SSSR count). The van der Waals surface area contributed by atoms with Gasteiger partial charge in [-0.3, -0.25) is 4.79 Å². The van der Waals surface area contributed by atoms with Crippen molar-refractivity contribution >= 4 is 17.2 Å². The number of rotatable bonds is 6. The van der Waals surface area contributed by atoms with Crippen LogP contribution in [0.3, 0.4) is 0 Å². The maximum atomic E-state index is 13.4. The summed E-state index contributed by atoms with van der Waals surface area (Å²) < 4.78 is 5.90. The second-order valence-corrected chi connectivity index (χ2v) is 10.1. The summed E-state index contributed by atoms with van der Waals surface area (Å²) in [6.07, 6.45) is 4.87. The molecule has 2 aliphatic rings. The van der Waals surface area contributed by atoms with Gasteiger partial charge in [0.1, 0.15) is 5.75 Å². The summed E-state index contributed by atoms with van der Waals surface area (Å²) in [7, 11) is 0. The summed E-state index contributed by atoms with van der Waals surface area (Å²) in [4.78, 5) is 13.4. The van der Waals surface area contributed by atoms with Gasteiger partial charge in [0, 0.05) is 17.7 Å². The Morgan fingerprint density at radius 2 is 1.69 bits per heavy atom. The second kappa shape index (κ2) is 9.01. The van der Waals surface area contributed by atoms with Gasteiger partial charge in [0.2, 0.25) is 0 Å². The molecule has 0 aromatic heterocycles. The Kier molecular flexibility index (Phi) is 6.32. The van der Waals surface area contributed by atoms with Crippen LogP contribution < -0.4 is 15.4 Å². The molecule has 0 unspecified atom stereocenters. The highest BCUT2D eigenvalue weighted by Gasteiger charge is 2.38. The average molecular weight is 433 g/mol. The Morgan fingerprint density at radius 3 is 2.38 bits per heavy atom. The smallest absolute Gasteiger partial charge is 0.163 e. The second-order valence-electron chi connectivity index (χ2n) is 10.1. The van der Waals surface area contributed by atoms with E-state index in [1.54, 1.807) is 0 Å². The molecule has 1 aliphatic carbocycles. The molecule has 0 saturated carbocycles. The van der Waals surface area contributed by atoms with Crippen molar-refractivity contribution in [3.05, 3.63) is 64.4 Å². The number of aryl methyl sites for hydroxylation is 2. The lowest BCUT2D eigenvalue weighted by Crippen LogP contribution is -2.31. The Bertz CT molecular complexity index is 1030. The van der Waals surface area contributed by atoms with E-state index in [4.69, 9.17) is 4.74 Å². The fourth-order valence-corrected chi connectivity index (χ4v) is 4.76. The predicted molar refractivity (Wildman–Crippen MR) is 132 cm³/mol. The highest BCUT2D eigenvalue weighted by atomic mass is 16.5. The van der Waals surface area contributed by atoms with Crippen LogP contribution in [0.2, 0.25) is 0 Å². The number of ketones is 1. The standard InChI is InChI=1S/C28H36N2O2/c1-6-7-8-13-32-21-11-9-20(10-12-21)27-26-24(16-28(4,5)17-25(26)31)29-22-14-18(2)19(3)15-23(22)30-27/h9-12,14-15,27,29-30H,6-8,13,16-17H2,1-5H3/t27-/m1/s1. The maximum Gasteiger partial charge on any atom is 0.163 e. The van der Waals surface area contributed by atoms with Crippen LogP contribution in [0.15, 0.2) is 47.7 Å². The predicted octanol–water partition coefficient (Wildman–Crippen LogP) is 7.09. The zero-order chi connectivity index (χ0) is 22.9. The molecule has 0 spiro atoms. The van der Waals surface area contributed by atoms with Crippen molar-refractivity contribution in [2.45, 2.75) is 72.8 Å². The molecular weight excluding hydrogens is 396 g/mol. The lowest BCUT2D eigenvalue weighted by atomic mass is 9.73. The Balaban J connectivity index is 1.70. The van der Waals surface area contributed by atoms with E-state index < -0.39 is 0 Å². The summed E-state index contributed by atoms with van der Waals surface area (Å²) in [5.41, 5.74) is 7.51. The summed E-state index contributed by atoms with van der Waals surface area (Å²) >= 11 is 0. The van der Waals surface area contributed by atoms with Gasteiger partial charge in [-0.25, -0.2) is 0 Å². The van der Waals surface area contributed by atoms with Crippen LogP contribution in [-0.2, 0) is 4.79 Å². The number of fused-ring (bicyclic) bond motifs is 1. The third-order valence-electron chi connectivity index (χ3n) is 6.66. The number of nitrogens with one attached hydrogen (secondary N) is 2. The lowest BCUT2D eigenvalue weighted by molar-refractivity contribution is -0.118. The van der Waals surface area contributed by atoms with Gasteiger partial charge in [-0.2, -0.15) is 0 Å². The number of hydrogen-bond acceptors (Lipinski definition) is 4. The zero-order valence-electron chi connectivity index (χ0n) is 20.1. The number of anilines is 2. The highest BCUT2D eigenvalue weighted by Crippen LogP contribution is 2.46. The summed E-state index contributed by atoms with van der Waals surface area (Å²) in [5.74, 6) is 1.11. The summed E-state index contributed by atoms with van der Waals surface area (Å²) in [6.45, 7) is 11.5. The molecule has 32 heavy (non-hydrogen) atoms. The van der Waals surface area contributed by atoms with Crippen LogP contribution in [0.5, 0.6) is 5.75 Å². The average Bonchev–Trinajstić information content (AvgIpc) is 2.88. The van der Waals surface area contributed by atoms with Gasteiger partial charge in [-0.05, 0) is 73.1 Å². The van der Waals surface area contributed by atoms with E-state index >= 15 is 0 Å². The fraction of sp³-hybridized carbons (Fsp3) is 0.464. The quantitative estimate of drug-likeness (QED) is 0.478. The Morgan fingerprint density at radius 1 is 1.00 bits per heavy atom. The van der Waals surface area contributed by atoms with Gasteiger partial charge in [0.05, 0.1) is 24.0 Å². The molecule has 4 nitrogen and oxygen atoms in total. The van der Waals surface area contributed by atoms with E-state index in [1.807, 2.05) is 12.1 Å². The van der Waals surface area contributed by atoms with E-state index in [0.717, 1.165) is 53.4 Å². The molecule has 170 valence electrons. The molecule has 0 bridgehead atoms. The number of Topliss-reactive ketones (excluding diaryl/α,β-unsaturated/α-hetero) is 1. The van der Waals surface area contributed by atoms with Crippen LogP contribution >= 0.6 is 0 Å². The first-order valence-corrected chi connectivity index (χ1v) is 11.9. The van der Waals surface area contributed by atoms with Crippen molar-refractivity contribution < 1.29 is 9.53 Å². The first kappa shape index (κ1) is 22.4. The van der Waals surface area contributed by atoms with Crippen molar-refractivity contribution in [2.24, 2.45) is 5.41 Å². The number of benzene rings is 2. The van der Waals surface area contributed by atoms with E-state index in [2.05, 4.69) is 69.5 Å².